The van der Waals surface area contributed by atoms with Gasteiger partial charge >= 0.3 is 0 Å². The fourth-order valence-corrected chi connectivity index (χ4v) is 3.06. The van der Waals surface area contributed by atoms with Gasteiger partial charge < -0.3 is 5.73 Å². The van der Waals surface area contributed by atoms with Crippen molar-refractivity contribution in [2.45, 2.75) is 23.8 Å². The third-order valence-corrected chi connectivity index (χ3v) is 4.69. The zero-order chi connectivity index (χ0) is 13.7. The van der Waals surface area contributed by atoms with E-state index in [4.69, 9.17) is 17.3 Å². The number of halogens is 1. The maximum atomic E-state index is 6.14. The Balaban J connectivity index is 1.77. The number of thioether (sulfide) groups is 1. The highest BCUT2D eigenvalue weighted by Crippen LogP contribution is 2.27. The molecule has 1 heterocycles. The Labute approximate surface area is 123 Å². The average molecular weight is 296 g/mol. The summed E-state index contributed by atoms with van der Waals surface area (Å²) in [5, 5.41) is 4.95. The van der Waals surface area contributed by atoms with Crippen molar-refractivity contribution in [1.29, 1.82) is 0 Å². The summed E-state index contributed by atoms with van der Waals surface area (Å²) in [6.07, 6.45) is 3.73. The van der Waals surface area contributed by atoms with Crippen molar-refractivity contribution >= 4 is 23.4 Å². The topological polar surface area (TPSA) is 43.8 Å². The lowest BCUT2D eigenvalue weighted by molar-refractivity contribution is 0.629. The second-order valence-electron chi connectivity index (χ2n) is 4.49. The van der Waals surface area contributed by atoms with Crippen LogP contribution in [0.25, 0.3) is 0 Å². The first kappa shape index (κ1) is 14.4. The Bertz CT molecular complexity index is 527. The molecule has 2 N–H and O–H groups in total. The fourth-order valence-electron chi connectivity index (χ4n) is 1.82. The maximum absolute atomic E-state index is 6.14. The lowest BCUT2D eigenvalue weighted by Gasteiger charge is -2.11. The van der Waals surface area contributed by atoms with Crippen LogP contribution in [-0.2, 0) is 13.5 Å². The van der Waals surface area contributed by atoms with E-state index < -0.39 is 0 Å². The first-order chi connectivity index (χ1) is 9.16. The van der Waals surface area contributed by atoms with Crippen LogP contribution in [0.3, 0.4) is 0 Å². The van der Waals surface area contributed by atoms with Crippen LogP contribution >= 0.6 is 23.4 Å². The molecule has 0 spiro atoms. The van der Waals surface area contributed by atoms with Crippen LogP contribution in [0.4, 0.5) is 0 Å². The number of benzene rings is 1. The molecule has 0 amide bonds. The summed E-state index contributed by atoms with van der Waals surface area (Å²) in [6.45, 7) is 0. The molecule has 1 aromatic heterocycles. The van der Waals surface area contributed by atoms with Crippen molar-refractivity contribution < 1.29 is 0 Å². The molecule has 0 saturated carbocycles. The van der Waals surface area contributed by atoms with Crippen LogP contribution in [0.1, 0.15) is 12.1 Å². The van der Waals surface area contributed by atoms with E-state index in [1.165, 1.54) is 5.69 Å². The first-order valence-electron chi connectivity index (χ1n) is 6.26. The van der Waals surface area contributed by atoms with Crippen LogP contribution in [0.2, 0.25) is 5.02 Å². The summed E-state index contributed by atoms with van der Waals surface area (Å²) in [4.78, 5) is 1.10. The zero-order valence-corrected chi connectivity index (χ0v) is 12.5. The van der Waals surface area contributed by atoms with E-state index in [0.717, 1.165) is 28.5 Å². The van der Waals surface area contributed by atoms with Gasteiger partial charge in [0.1, 0.15) is 0 Å². The molecule has 0 aliphatic rings. The SMILES string of the molecule is Cn1nccc1CCC(N)CSc1ccccc1Cl. The van der Waals surface area contributed by atoms with Crippen molar-refractivity contribution in [2.75, 3.05) is 5.75 Å². The molecule has 0 aliphatic carbocycles. The number of aryl methyl sites for hydroxylation is 2. The summed E-state index contributed by atoms with van der Waals surface area (Å²) in [7, 11) is 1.96. The Morgan fingerprint density at radius 3 is 2.84 bits per heavy atom. The van der Waals surface area contributed by atoms with E-state index in [9.17, 15) is 0 Å². The minimum Gasteiger partial charge on any atom is -0.327 e. The van der Waals surface area contributed by atoms with E-state index in [0.29, 0.717) is 0 Å². The summed E-state index contributed by atoms with van der Waals surface area (Å²) < 4.78 is 1.90. The van der Waals surface area contributed by atoms with Gasteiger partial charge in [0, 0.05) is 35.6 Å². The Morgan fingerprint density at radius 2 is 2.16 bits per heavy atom. The smallest absolute Gasteiger partial charge is 0.0541 e. The third kappa shape index (κ3) is 4.27. The van der Waals surface area contributed by atoms with Gasteiger partial charge in [0.2, 0.25) is 0 Å². The molecule has 102 valence electrons. The summed E-state index contributed by atoms with van der Waals surface area (Å²) in [6, 6.07) is 10.1. The molecular formula is C14H18ClN3S. The van der Waals surface area contributed by atoms with Crippen LogP contribution in [0.5, 0.6) is 0 Å². The van der Waals surface area contributed by atoms with Gasteiger partial charge in [-0.3, -0.25) is 4.68 Å². The minimum absolute atomic E-state index is 0.163. The Hall–Kier alpha value is -0.970. The van der Waals surface area contributed by atoms with Crippen molar-refractivity contribution in [1.82, 2.24) is 9.78 Å². The Morgan fingerprint density at radius 1 is 1.37 bits per heavy atom. The molecule has 0 bridgehead atoms. The lowest BCUT2D eigenvalue weighted by Crippen LogP contribution is -2.23. The summed E-state index contributed by atoms with van der Waals surface area (Å²) in [5.41, 5.74) is 7.37. The Kier molecular flexibility index (Phi) is 5.31. The largest absolute Gasteiger partial charge is 0.327 e. The van der Waals surface area contributed by atoms with Crippen LogP contribution in [0, 0.1) is 0 Å². The fraction of sp³-hybridized carbons (Fsp3) is 0.357. The highest BCUT2D eigenvalue weighted by Gasteiger charge is 2.07. The van der Waals surface area contributed by atoms with Crippen molar-refractivity contribution in [3.63, 3.8) is 0 Å². The third-order valence-electron chi connectivity index (χ3n) is 2.98. The lowest BCUT2D eigenvalue weighted by atomic mass is 10.1. The van der Waals surface area contributed by atoms with E-state index >= 15 is 0 Å². The molecule has 19 heavy (non-hydrogen) atoms. The van der Waals surface area contributed by atoms with E-state index in [-0.39, 0.29) is 6.04 Å². The van der Waals surface area contributed by atoms with Crippen molar-refractivity contribution in [3.8, 4) is 0 Å². The van der Waals surface area contributed by atoms with Gasteiger partial charge in [0.15, 0.2) is 0 Å². The predicted octanol–water partition coefficient (Wildman–Crippen LogP) is 3.13. The molecule has 2 rings (SSSR count). The molecule has 3 nitrogen and oxygen atoms in total. The van der Waals surface area contributed by atoms with Crippen LogP contribution < -0.4 is 5.73 Å². The number of nitrogens with zero attached hydrogens (tertiary/aromatic N) is 2. The standard InChI is InChI=1S/C14H18ClN3S/c1-18-12(8-9-17-18)7-6-11(16)10-19-14-5-3-2-4-13(14)15/h2-5,8-9,11H,6-7,10,16H2,1H3. The number of nitrogens with two attached hydrogens (primary N) is 1. The van der Waals surface area contributed by atoms with Gasteiger partial charge in [-0.15, -0.1) is 11.8 Å². The van der Waals surface area contributed by atoms with E-state index in [1.807, 2.05) is 48.3 Å². The molecular weight excluding hydrogens is 278 g/mol. The average Bonchev–Trinajstić information content (AvgIpc) is 2.81. The molecule has 0 radical (unpaired) electrons. The van der Waals surface area contributed by atoms with E-state index in [2.05, 4.69) is 5.10 Å². The van der Waals surface area contributed by atoms with Gasteiger partial charge in [-0.25, -0.2) is 0 Å². The number of hydrogen-bond donors (Lipinski definition) is 1. The molecule has 1 aromatic carbocycles. The quantitative estimate of drug-likeness (QED) is 0.833. The molecule has 0 fully saturated rings. The maximum Gasteiger partial charge on any atom is 0.0541 e. The summed E-state index contributed by atoms with van der Waals surface area (Å²) in [5.74, 6) is 0.877. The molecule has 1 atom stereocenters. The van der Waals surface area contributed by atoms with Gasteiger partial charge in [0.25, 0.3) is 0 Å². The second-order valence-corrected chi connectivity index (χ2v) is 5.96. The zero-order valence-electron chi connectivity index (χ0n) is 10.9. The van der Waals surface area contributed by atoms with Crippen molar-refractivity contribution in [2.24, 2.45) is 12.8 Å². The second kappa shape index (κ2) is 6.98. The number of aromatic nitrogens is 2. The molecule has 1 unspecified atom stereocenters. The van der Waals surface area contributed by atoms with Crippen LogP contribution in [-0.4, -0.2) is 21.6 Å². The molecule has 0 aliphatic heterocycles. The van der Waals surface area contributed by atoms with Crippen LogP contribution in [0.15, 0.2) is 41.4 Å². The molecule has 2 aromatic rings. The minimum atomic E-state index is 0.163. The molecule has 5 heteroatoms. The van der Waals surface area contributed by atoms with E-state index in [1.54, 1.807) is 11.8 Å². The first-order valence-corrected chi connectivity index (χ1v) is 7.63. The van der Waals surface area contributed by atoms with Gasteiger partial charge in [0.05, 0.1) is 5.02 Å². The summed E-state index contributed by atoms with van der Waals surface area (Å²) >= 11 is 7.83. The van der Waals surface area contributed by atoms with Gasteiger partial charge in [-0.05, 0) is 31.0 Å². The van der Waals surface area contributed by atoms with Crippen molar-refractivity contribution in [3.05, 3.63) is 47.2 Å². The predicted molar refractivity (Wildman–Crippen MR) is 81.7 cm³/mol. The number of rotatable bonds is 6. The van der Waals surface area contributed by atoms with Gasteiger partial charge in [-0.2, -0.15) is 5.10 Å². The van der Waals surface area contributed by atoms with Gasteiger partial charge in [-0.1, -0.05) is 23.7 Å². The number of hydrogen-bond acceptors (Lipinski definition) is 3. The highest BCUT2D eigenvalue weighted by molar-refractivity contribution is 7.99. The monoisotopic (exact) mass is 295 g/mol. The normalized spacial score (nSPS) is 12.6. The molecule has 0 saturated heterocycles. The highest BCUT2D eigenvalue weighted by atomic mass is 35.5.